The molecular weight excluding hydrogens is 791 g/mol. The molecule has 2 atom stereocenters. The van der Waals surface area contributed by atoms with Crippen molar-refractivity contribution in [1.29, 1.82) is 0 Å². The van der Waals surface area contributed by atoms with Crippen LogP contribution in [0, 0.1) is 0 Å². The lowest BCUT2D eigenvalue weighted by molar-refractivity contribution is -0.870. The molecular formula is C54H89NO8. The monoisotopic (exact) mass is 880 g/mol. The Labute approximate surface area is 384 Å². The summed E-state index contributed by atoms with van der Waals surface area (Å²) in [6.07, 6.45) is 55.9. The van der Waals surface area contributed by atoms with Crippen LogP contribution in [0.1, 0.15) is 168 Å². The van der Waals surface area contributed by atoms with E-state index in [0.29, 0.717) is 30.3 Å². The molecule has 63 heavy (non-hydrogen) atoms. The van der Waals surface area contributed by atoms with Crippen LogP contribution in [0.3, 0.4) is 0 Å². The third-order valence-electron chi connectivity index (χ3n) is 9.82. The maximum atomic E-state index is 12.8. The maximum Gasteiger partial charge on any atom is 0.306 e. The van der Waals surface area contributed by atoms with Gasteiger partial charge < -0.3 is 33.3 Å². The highest BCUT2D eigenvalue weighted by Gasteiger charge is 2.21. The van der Waals surface area contributed by atoms with Crippen LogP contribution >= 0.6 is 0 Å². The molecule has 0 aliphatic rings. The number of ether oxygens (including phenoxy) is 4. The fourth-order valence-electron chi connectivity index (χ4n) is 6.05. The Morgan fingerprint density at radius 1 is 0.492 bits per heavy atom. The van der Waals surface area contributed by atoms with E-state index in [4.69, 9.17) is 18.9 Å². The van der Waals surface area contributed by atoms with Gasteiger partial charge in [-0.05, 0) is 89.9 Å². The lowest BCUT2D eigenvalue weighted by Crippen LogP contribution is -2.44. The van der Waals surface area contributed by atoms with E-state index in [1.807, 2.05) is 27.2 Å². The van der Waals surface area contributed by atoms with Crippen molar-refractivity contribution in [3.8, 4) is 0 Å². The van der Waals surface area contributed by atoms with Crippen molar-refractivity contribution >= 4 is 17.9 Å². The Bertz CT molecular complexity index is 1350. The molecule has 0 aromatic carbocycles. The first-order chi connectivity index (χ1) is 30.6. The molecule has 0 aromatic heterocycles. The Kier molecular flexibility index (Phi) is 42.1. The van der Waals surface area contributed by atoms with Crippen molar-refractivity contribution in [2.24, 2.45) is 0 Å². The Balaban J connectivity index is 4.53. The number of allylic oxidation sites excluding steroid dienone is 16. The van der Waals surface area contributed by atoms with Crippen LogP contribution in [0.2, 0.25) is 0 Å². The number of carboxylic acids is 1. The van der Waals surface area contributed by atoms with E-state index in [1.165, 1.54) is 44.9 Å². The number of esters is 2. The Morgan fingerprint density at radius 3 is 1.41 bits per heavy atom. The number of carbonyl (C=O) groups excluding carboxylic acids is 3. The normalized spacial score (nSPS) is 13.7. The number of carboxylic acid groups (broad SMARTS) is 1. The number of rotatable bonds is 43. The number of hydrogen-bond acceptors (Lipinski definition) is 8. The summed E-state index contributed by atoms with van der Waals surface area (Å²) in [5.41, 5.74) is 0. The number of likely N-dealkylation sites (N-methyl/N-ethyl adjacent to an activating group) is 1. The van der Waals surface area contributed by atoms with Crippen molar-refractivity contribution in [2.75, 3.05) is 47.5 Å². The second-order valence-electron chi connectivity index (χ2n) is 17.0. The molecule has 0 radical (unpaired) electrons. The van der Waals surface area contributed by atoms with Crippen molar-refractivity contribution in [3.05, 3.63) is 97.2 Å². The van der Waals surface area contributed by atoms with Gasteiger partial charge >= 0.3 is 11.9 Å². The standard InChI is InChI=1S/C54H89NO8/c1-6-8-10-12-14-16-18-20-22-23-24-25-26-27-28-29-31-33-35-37-39-41-43-45-52(57)63-50(49-62-54(53(58)59)60-47-46-55(3,4)5)48-61-51(56)44-42-40-38-36-34-32-30-21-19-17-15-13-11-9-7-2/h8,10,14,16,20-22,24-25,27-28,30-31,33,37,39,50,54H,6-7,9,11-13,15,17-19,23,26,29,32,34-36,38,40-49H2,1-5H3/b10-8-,16-14-,22-20-,25-24-,28-27-,30-21-,33-31-,39-37-. The van der Waals surface area contributed by atoms with Crippen LogP contribution in [-0.4, -0.2) is 82.3 Å². The summed E-state index contributed by atoms with van der Waals surface area (Å²) in [5.74, 6) is -2.39. The highest BCUT2D eigenvalue weighted by Crippen LogP contribution is 2.12. The lowest BCUT2D eigenvalue weighted by atomic mass is 10.1. The third kappa shape index (κ3) is 46.0. The zero-order chi connectivity index (χ0) is 46.3. The van der Waals surface area contributed by atoms with Crippen molar-refractivity contribution in [3.63, 3.8) is 0 Å². The summed E-state index contributed by atoms with van der Waals surface area (Å²) >= 11 is 0. The quantitative estimate of drug-likeness (QED) is 0.0196. The van der Waals surface area contributed by atoms with Crippen LogP contribution in [0.5, 0.6) is 0 Å². The molecule has 9 heteroatoms. The molecule has 0 heterocycles. The minimum atomic E-state index is -1.64. The molecule has 0 N–H and O–H groups in total. The van der Waals surface area contributed by atoms with Crippen molar-refractivity contribution < 1.29 is 42.9 Å². The second-order valence-corrected chi connectivity index (χ2v) is 17.0. The molecule has 2 unspecified atom stereocenters. The molecule has 0 amide bonds. The molecule has 0 fully saturated rings. The smallest absolute Gasteiger partial charge is 0.306 e. The average Bonchev–Trinajstić information content (AvgIpc) is 3.24. The van der Waals surface area contributed by atoms with Crippen molar-refractivity contribution in [2.45, 2.75) is 180 Å². The van der Waals surface area contributed by atoms with Crippen LogP contribution in [-0.2, 0) is 33.3 Å². The number of quaternary nitrogens is 1. The van der Waals surface area contributed by atoms with Gasteiger partial charge in [0.15, 0.2) is 12.4 Å². The largest absolute Gasteiger partial charge is 0.545 e. The van der Waals surface area contributed by atoms with Gasteiger partial charge in [-0.2, -0.15) is 0 Å². The predicted molar refractivity (Wildman–Crippen MR) is 260 cm³/mol. The number of unbranched alkanes of at least 4 members (excludes halogenated alkanes) is 12. The SMILES string of the molecule is CC/C=C\C/C=C\C/C=C\C/C=C\C/C=C\C/C=C\C/C=C\CCCC(=O)OC(COC(=O)CCCCCCC/C=C\CCCCCCCC)COC(OCC[N+](C)(C)C)C(=O)[O-]. The summed E-state index contributed by atoms with van der Waals surface area (Å²) < 4.78 is 22.5. The Hall–Kier alpha value is -3.79. The second kappa shape index (κ2) is 44.8. The Morgan fingerprint density at radius 2 is 0.921 bits per heavy atom. The van der Waals surface area contributed by atoms with Gasteiger partial charge in [0.1, 0.15) is 13.2 Å². The number of nitrogens with zero attached hydrogens (tertiary/aromatic N) is 1. The molecule has 358 valence electrons. The van der Waals surface area contributed by atoms with E-state index in [0.717, 1.165) is 77.0 Å². The van der Waals surface area contributed by atoms with Crippen LogP contribution < -0.4 is 5.11 Å². The molecule has 0 saturated carbocycles. The molecule has 0 aliphatic carbocycles. The highest BCUT2D eigenvalue weighted by molar-refractivity contribution is 5.70. The molecule has 0 aliphatic heterocycles. The zero-order valence-electron chi connectivity index (χ0n) is 40.4. The number of aliphatic carboxylic acids is 1. The first-order valence-electron chi connectivity index (χ1n) is 24.4. The lowest BCUT2D eigenvalue weighted by Gasteiger charge is -2.26. The molecule has 0 bridgehead atoms. The van der Waals surface area contributed by atoms with Crippen LogP contribution in [0.4, 0.5) is 0 Å². The van der Waals surface area contributed by atoms with Gasteiger partial charge in [0.2, 0.25) is 0 Å². The van der Waals surface area contributed by atoms with Gasteiger partial charge in [0.25, 0.3) is 0 Å². The number of hydrogen-bond donors (Lipinski definition) is 0. The van der Waals surface area contributed by atoms with Crippen LogP contribution in [0.25, 0.3) is 0 Å². The van der Waals surface area contributed by atoms with Gasteiger partial charge in [0.05, 0.1) is 40.3 Å². The summed E-state index contributed by atoms with van der Waals surface area (Å²) in [4.78, 5) is 37.0. The summed E-state index contributed by atoms with van der Waals surface area (Å²) in [7, 11) is 5.88. The first kappa shape index (κ1) is 59.2. The van der Waals surface area contributed by atoms with E-state index in [-0.39, 0.29) is 38.6 Å². The molecule has 0 rings (SSSR count). The summed E-state index contributed by atoms with van der Waals surface area (Å²) in [6.45, 7) is 4.52. The van der Waals surface area contributed by atoms with E-state index < -0.39 is 24.3 Å². The topological polar surface area (TPSA) is 111 Å². The van der Waals surface area contributed by atoms with E-state index >= 15 is 0 Å². The van der Waals surface area contributed by atoms with E-state index in [2.05, 4.69) is 105 Å². The van der Waals surface area contributed by atoms with Gasteiger partial charge in [-0.1, -0.05) is 162 Å². The summed E-state index contributed by atoms with van der Waals surface area (Å²) in [5, 5.41) is 11.7. The van der Waals surface area contributed by atoms with Gasteiger partial charge in [-0.15, -0.1) is 0 Å². The van der Waals surface area contributed by atoms with Gasteiger partial charge in [-0.3, -0.25) is 9.59 Å². The molecule has 0 spiro atoms. The fraction of sp³-hybridized carbons (Fsp3) is 0.648. The van der Waals surface area contributed by atoms with Gasteiger partial charge in [-0.25, -0.2) is 0 Å². The van der Waals surface area contributed by atoms with Crippen molar-refractivity contribution in [1.82, 2.24) is 0 Å². The average molecular weight is 880 g/mol. The first-order valence-corrected chi connectivity index (χ1v) is 24.4. The maximum absolute atomic E-state index is 12.8. The van der Waals surface area contributed by atoms with E-state index in [1.54, 1.807) is 0 Å². The van der Waals surface area contributed by atoms with Gasteiger partial charge in [0, 0.05) is 12.8 Å². The van der Waals surface area contributed by atoms with Crippen LogP contribution in [0.15, 0.2) is 97.2 Å². The predicted octanol–water partition coefficient (Wildman–Crippen LogP) is 12.1. The number of carbonyl (C=O) groups is 3. The summed E-state index contributed by atoms with van der Waals surface area (Å²) in [6, 6.07) is 0. The fourth-order valence-corrected chi connectivity index (χ4v) is 6.05. The minimum absolute atomic E-state index is 0.130. The molecule has 0 saturated heterocycles. The third-order valence-corrected chi connectivity index (χ3v) is 9.82. The zero-order valence-corrected chi connectivity index (χ0v) is 40.4. The van der Waals surface area contributed by atoms with E-state index in [9.17, 15) is 19.5 Å². The molecule has 0 aromatic rings. The highest BCUT2D eigenvalue weighted by atomic mass is 16.7. The molecule has 9 nitrogen and oxygen atoms in total. The minimum Gasteiger partial charge on any atom is -0.545 e.